The number of carbonyl (C=O) groups is 3. The van der Waals surface area contributed by atoms with Crippen LogP contribution in [-0.4, -0.2) is 44.4 Å². The molecule has 9 heteroatoms. The molecular weight excluding hydrogens is 338 g/mol. The van der Waals surface area contributed by atoms with Crippen molar-refractivity contribution in [2.45, 2.75) is 27.2 Å². The fourth-order valence-electron chi connectivity index (χ4n) is 2.14. The van der Waals surface area contributed by atoms with Crippen molar-refractivity contribution in [1.82, 2.24) is 20.3 Å². The minimum atomic E-state index is -1.17. The summed E-state index contributed by atoms with van der Waals surface area (Å²) in [4.78, 5) is 34.6. The van der Waals surface area contributed by atoms with Crippen LogP contribution in [0, 0.1) is 5.41 Å². The first-order valence-corrected chi connectivity index (χ1v) is 7.97. The van der Waals surface area contributed by atoms with Crippen molar-refractivity contribution in [2.75, 3.05) is 11.9 Å². The Morgan fingerprint density at radius 1 is 1.19 bits per heavy atom. The largest absolute Gasteiger partial charge is 0.476 e. The lowest BCUT2D eigenvalue weighted by Crippen LogP contribution is -2.34. The minimum Gasteiger partial charge on any atom is -0.476 e. The van der Waals surface area contributed by atoms with E-state index in [-0.39, 0.29) is 29.5 Å². The molecule has 0 saturated carbocycles. The van der Waals surface area contributed by atoms with Crippen molar-refractivity contribution >= 4 is 23.5 Å². The number of rotatable bonds is 6. The number of aromatic carboxylic acids is 1. The number of amides is 2. The fourth-order valence-corrected chi connectivity index (χ4v) is 2.14. The highest BCUT2D eigenvalue weighted by Crippen LogP contribution is 2.17. The van der Waals surface area contributed by atoms with Crippen LogP contribution in [0.25, 0.3) is 5.69 Å². The molecule has 0 bridgehead atoms. The quantitative estimate of drug-likeness (QED) is 0.717. The molecule has 0 aliphatic carbocycles. The number of carbonyl (C=O) groups excluding carboxylic acids is 2. The van der Waals surface area contributed by atoms with E-state index in [0.29, 0.717) is 17.8 Å². The first-order valence-electron chi connectivity index (χ1n) is 7.97. The van der Waals surface area contributed by atoms with Crippen LogP contribution in [0.4, 0.5) is 5.69 Å². The van der Waals surface area contributed by atoms with Gasteiger partial charge in [-0.05, 0) is 23.6 Å². The van der Waals surface area contributed by atoms with Gasteiger partial charge in [-0.1, -0.05) is 32.1 Å². The third kappa shape index (κ3) is 5.69. The highest BCUT2D eigenvalue weighted by atomic mass is 16.4. The number of benzene rings is 1. The summed E-state index contributed by atoms with van der Waals surface area (Å²) in [6.07, 6.45) is 1.60. The SMILES string of the molecule is CC(C)(C)CC(=O)NCC(=O)Nc1cccc(-n2cc(C(=O)O)nn2)c1. The Bertz CT molecular complexity index is 823. The normalized spacial score (nSPS) is 11.0. The van der Waals surface area contributed by atoms with Gasteiger partial charge in [0.1, 0.15) is 0 Å². The molecule has 2 rings (SSSR count). The second kappa shape index (κ2) is 7.77. The Morgan fingerprint density at radius 2 is 1.92 bits per heavy atom. The number of nitrogens with one attached hydrogen (secondary N) is 2. The third-order valence-corrected chi connectivity index (χ3v) is 3.24. The van der Waals surface area contributed by atoms with Crippen LogP contribution in [0.15, 0.2) is 30.5 Å². The van der Waals surface area contributed by atoms with Gasteiger partial charge in [0.05, 0.1) is 18.4 Å². The predicted molar refractivity (Wildman–Crippen MR) is 94.0 cm³/mol. The zero-order valence-electron chi connectivity index (χ0n) is 14.8. The summed E-state index contributed by atoms with van der Waals surface area (Å²) >= 11 is 0. The monoisotopic (exact) mass is 359 g/mol. The van der Waals surface area contributed by atoms with E-state index in [4.69, 9.17) is 5.11 Å². The maximum absolute atomic E-state index is 12.0. The van der Waals surface area contributed by atoms with Gasteiger partial charge in [-0.25, -0.2) is 9.48 Å². The number of nitrogens with zero attached hydrogens (tertiary/aromatic N) is 3. The maximum atomic E-state index is 12.0. The minimum absolute atomic E-state index is 0.133. The topological polar surface area (TPSA) is 126 Å². The van der Waals surface area contributed by atoms with E-state index in [1.54, 1.807) is 24.3 Å². The Balaban J connectivity index is 1.96. The van der Waals surface area contributed by atoms with Gasteiger partial charge in [-0.15, -0.1) is 5.10 Å². The van der Waals surface area contributed by atoms with Gasteiger partial charge in [0.15, 0.2) is 5.69 Å². The molecule has 3 N–H and O–H groups in total. The third-order valence-electron chi connectivity index (χ3n) is 3.24. The molecule has 138 valence electrons. The highest BCUT2D eigenvalue weighted by Gasteiger charge is 2.16. The molecule has 0 aliphatic rings. The number of carboxylic acid groups (broad SMARTS) is 1. The lowest BCUT2D eigenvalue weighted by atomic mass is 9.92. The average Bonchev–Trinajstić information content (AvgIpc) is 3.02. The van der Waals surface area contributed by atoms with Crippen molar-refractivity contribution in [3.8, 4) is 5.69 Å². The molecular formula is C17H21N5O4. The molecule has 0 aliphatic heterocycles. The molecule has 1 heterocycles. The maximum Gasteiger partial charge on any atom is 0.358 e. The Morgan fingerprint density at radius 3 is 2.54 bits per heavy atom. The van der Waals surface area contributed by atoms with Crippen LogP contribution < -0.4 is 10.6 Å². The Labute approximate surface area is 150 Å². The first-order chi connectivity index (χ1) is 12.1. The van der Waals surface area contributed by atoms with E-state index in [9.17, 15) is 14.4 Å². The van der Waals surface area contributed by atoms with Crippen LogP contribution in [0.1, 0.15) is 37.7 Å². The zero-order chi connectivity index (χ0) is 19.3. The lowest BCUT2D eigenvalue weighted by molar-refractivity contribution is -0.125. The van der Waals surface area contributed by atoms with Crippen LogP contribution >= 0.6 is 0 Å². The van der Waals surface area contributed by atoms with E-state index in [0.717, 1.165) is 0 Å². The molecule has 0 spiro atoms. The van der Waals surface area contributed by atoms with Gasteiger partial charge >= 0.3 is 5.97 Å². The standard InChI is InChI=1S/C17H21N5O4/c1-17(2,3)8-14(23)18-9-15(24)19-11-5-4-6-12(7-11)22-10-13(16(25)26)20-21-22/h4-7,10H,8-9H2,1-3H3,(H,18,23)(H,19,24)(H,25,26). The smallest absolute Gasteiger partial charge is 0.358 e. The van der Waals surface area contributed by atoms with Crippen LogP contribution in [0.2, 0.25) is 0 Å². The number of aromatic nitrogens is 3. The van der Waals surface area contributed by atoms with Gasteiger partial charge in [0.25, 0.3) is 0 Å². The summed E-state index contributed by atoms with van der Waals surface area (Å²) in [5.74, 6) is -1.73. The molecule has 0 atom stereocenters. The molecule has 1 aromatic carbocycles. The summed E-state index contributed by atoms with van der Waals surface area (Å²) in [7, 11) is 0. The van der Waals surface area contributed by atoms with Crippen molar-refractivity contribution in [2.24, 2.45) is 5.41 Å². The van der Waals surface area contributed by atoms with E-state index < -0.39 is 5.97 Å². The van der Waals surface area contributed by atoms with Crippen molar-refractivity contribution < 1.29 is 19.5 Å². The number of hydrogen-bond acceptors (Lipinski definition) is 5. The van der Waals surface area contributed by atoms with Crippen molar-refractivity contribution in [3.63, 3.8) is 0 Å². The van der Waals surface area contributed by atoms with Crippen LogP contribution in [0.5, 0.6) is 0 Å². The summed E-state index contributed by atoms with van der Waals surface area (Å²) in [5.41, 5.74) is 0.701. The van der Waals surface area contributed by atoms with Crippen LogP contribution in [0.3, 0.4) is 0 Å². The fraction of sp³-hybridized carbons (Fsp3) is 0.353. The predicted octanol–water partition coefficient (Wildman–Crippen LogP) is 1.46. The van der Waals surface area contributed by atoms with E-state index in [1.165, 1.54) is 10.9 Å². The lowest BCUT2D eigenvalue weighted by Gasteiger charge is -2.17. The molecule has 2 aromatic rings. The summed E-state index contributed by atoms with van der Waals surface area (Å²) in [6.45, 7) is 5.69. The molecule has 26 heavy (non-hydrogen) atoms. The van der Waals surface area contributed by atoms with Gasteiger partial charge in [0.2, 0.25) is 11.8 Å². The zero-order valence-corrected chi connectivity index (χ0v) is 14.8. The summed E-state index contributed by atoms with van der Waals surface area (Å²) in [6, 6.07) is 6.68. The molecule has 0 unspecified atom stereocenters. The average molecular weight is 359 g/mol. The van der Waals surface area contributed by atoms with Crippen molar-refractivity contribution in [1.29, 1.82) is 0 Å². The molecule has 2 amide bonds. The van der Waals surface area contributed by atoms with E-state index >= 15 is 0 Å². The summed E-state index contributed by atoms with van der Waals surface area (Å²) in [5, 5.41) is 21.4. The van der Waals surface area contributed by atoms with E-state index in [2.05, 4.69) is 20.9 Å². The first kappa shape index (κ1) is 19.1. The number of hydrogen-bond donors (Lipinski definition) is 3. The number of carboxylic acids is 1. The molecule has 0 fully saturated rings. The number of anilines is 1. The molecule has 0 radical (unpaired) electrons. The van der Waals surface area contributed by atoms with Gasteiger partial charge in [0, 0.05) is 12.1 Å². The van der Waals surface area contributed by atoms with Gasteiger partial charge in [-0.2, -0.15) is 0 Å². The molecule has 1 aromatic heterocycles. The van der Waals surface area contributed by atoms with Gasteiger partial charge < -0.3 is 15.7 Å². The molecule has 9 nitrogen and oxygen atoms in total. The second-order valence-corrected chi connectivity index (χ2v) is 6.97. The summed E-state index contributed by atoms with van der Waals surface area (Å²) < 4.78 is 1.30. The Hall–Kier alpha value is -3.23. The van der Waals surface area contributed by atoms with Crippen molar-refractivity contribution in [3.05, 3.63) is 36.2 Å². The Kier molecular flexibility index (Phi) is 5.71. The highest BCUT2D eigenvalue weighted by molar-refractivity contribution is 5.94. The molecule has 0 saturated heterocycles. The second-order valence-electron chi connectivity index (χ2n) is 6.97. The van der Waals surface area contributed by atoms with Gasteiger partial charge in [-0.3, -0.25) is 9.59 Å². The van der Waals surface area contributed by atoms with Crippen LogP contribution in [-0.2, 0) is 9.59 Å². The van der Waals surface area contributed by atoms with E-state index in [1.807, 2.05) is 20.8 Å².